The van der Waals surface area contributed by atoms with Gasteiger partial charge in [0, 0.05) is 18.3 Å². The minimum absolute atomic E-state index is 0. The molecule has 4 nitrogen and oxygen atoms in total. The monoisotopic (exact) mass is 291 g/mol. The summed E-state index contributed by atoms with van der Waals surface area (Å²) >= 11 is 1.49. The van der Waals surface area contributed by atoms with E-state index >= 15 is 0 Å². The molecule has 18 heavy (non-hydrogen) atoms. The van der Waals surface area contributed by atoms with Crippen LogP contribution in [0, 0.1) is 11.8 Å². The first-order valence-corrected chi connectivity index (χ1v) is 6.85. The maximum absolute atomic E-state index is 11.8. The number of carbonyl (C=O) groups excluding carboxylic acids is 1. The van der Waals surface area contributed by atoms with Gasteiger partial charge in [0.15, 0.2) is 0 Å². The fourth-order valence-electron chi connectivity index (χ4n) is 1.23. The van der Waals surface area contributed by atoms with Crippen LogP contribution < -0.4 is 11.1 Å². The number of carbonyl (C=O) groups is 1. The average Bonchev–Trinajstić information content (AvgIpc) is 2.74. The van der Waals surface area contributed by atoms with Gasteiger partial charge in [0.05, 0.1) is 5.01 Å². The Hall–Kier alpha value is -0.650. The summed E-state index contributed by atoms with van der Waals surface area (Å²) in [4.78, 5) is 16.0. The highest BCUT2D eigenvalue weighted by molar-refractivity contribution is 7.09. The quantitative estimate of drug-likeness (QED) is 0.843. The van der Waals surface area contributed by atoms with Gasteiger partial charge in [-0.3, -0.25) is 4.79 Å². The van der Waals surface area contributed by atoms with Crippen molar-refractivity contribution in [3.8, 4) is 0 Å². The molecule has 0 radical (unpaired) electrons. The third kappa shape index (κ3) is 5.33. The lowest BCUT2D eigenvalue weighted by molar-refractivity contribution is 0.0940. The first-order valence-electron chi connectivity index (χ1n) is 5.97. The van der Waals surface area contributed by atoms with Crippen LogP contribution in [0.5, 0.6) is 0 Å². The van der Waals surface area contributed by atoms with Crippen molar-refractivity contribution in [1.82, 2.24) is 10.3 Å². The van der Waals surface area contributed by atoms with Crippen molar-refractivity contribution in [2.45, 2.75) is 27.2 Å². The first kappa shape index (κ1) is 17.4. The third-order valence-corrected chi connectivity index (χ3v) is 3.77. The van der Waals surface area contributed by atoms with Crippen LogP contribution in [0.25, 0.3) is 0 Å². The Morgan fingerprint density at radius 2 is 2.17 bits per heavy atom. The van der Waals surface area contributed by atoms with Crippen molar-refractivity contribution < 1.29 is 4.79 Å². The molecule has 0 bridgehead atoms. The minimum atomic E-state index is -0.0861. The zero-order valence-electron chi connectivity index (χ0n) is 11.1. The van der Waals surface area contributed by atoms with Gasteiger partial charge < -0.3 is 11.1 Å². The predicted molar refractivity (Wildman–Crippen MR) is 78.5 cm³/mol. The van der Waals surface area contributed by atoms with Gasteiger partial charge in [0.1, 0.15) is 5.69 Å². The lowest BCUT2D eigenvalue weighted by atomic mass is 9.98. The Labute approximate surface area is 119 Å². The second-order valence-electron chi connectivity index (χ2n) is 4.60. The van der Waals surface area contributed by atoms with Gasteiger partial charge in [-0.2, -0.15) is 0 Å². The Morgan fingerprint density at radius 3 is 2.72 bits per heavy atom. The van der Waals surface area contributed by atoms with Crippen molar-refractivity contribution in [2.75, 3.05) is 13.1 Å². The summed E-state index contributed by atoms with van der Waals surface area (Å²) in [6, 6.07) is 0. The summed E-state index contributed by atoms with van der Waals surface area (Å²) in [7, 11) is 0. The van der Waals surface area contributed by atoms with E-state index in [4.69, 9.17) is 5.73 Å². The van der Waals surface area contributed by atoms with Crippen LogP contribution in [0.4, 0.5) is 0 Å². The molecule has 1 aromatic rings. The van der Waals surface area contributed by atoms with E-state index in [0.717, 1.165) is 11.4 Å². The summed E-state index contributed by atoms with van der Waals surface area (Å²) in [5.41, 5.74) is 5.95. The Bertz CT molecular complexity index is 368. The molecule has 0 spiro atoms. The van der Waals surface area contributed by atoms with Gasteiger partial charge >= 0.3 is 0 Å². The average molecular weight is 292 g/mol. The summed E-state index contributed by atoms with van der Waals surface area (Å²) < 4.78 is 0. The van der Waals surface area contributed by atoms with Crippen molar-refractivity contribution in [3.63, 3.8) is 0 Å². The van der Waals surface area contributed by atoms with Crippen LogP contribution in [-0.4, -0.2) is 24.0 Å². The van der Waals surface area contributed by atoms with Crippen molar-refractivity contribution in [1.29, 1.82) is 0 Å². The maximum Gasteiger partial charge on any atom is 0.270 e. The van der Waals surface area contributed by atoms with Crippen LogP contribution >= 0.6 is 23.7 Å². The molecular formula is C12H22ClN3OS. The van der Waals surface area contributed by atoms with Gasteiger partial charge in [-0.05, 0) is 18.4 Å². The lowest BCUT2D eigenvalue weighted by Gasteiger charge is -2.15. The van der Waals surface area contributed by atoms with Crippen molar-refractivity contribution in [3.05, 3.63) is 16.1 Å². The largest absolute Gasteiger partial charge is 0.350 e. The summed E-state index contributed by atoms with van der Waals surface area (Å²) in [6.45, 7) is 7.70. The highest BCUT2D eigenvalue weighted by atomic mass is 35.5. The molecule has 1 rings (SSSR count). The van der Waals surface area contributed by atoms with Gasteiger partial charge in [0.25, 0.3) is 5.91 Å². The van der Waals surface area contributed by atoms with Crippen LogP contribution in [0.2, 0.25) is 0 Å². The molecule has 0 saturated heterocycles. The number of nitrogens with one attached hydrogen (secondary N) is 1. The van der Waals surface area contributed by atoms with E-state index in [1.807, 2.05) is 0 Å². The van der Waals surface area contributed by atoms with E-state index in [0.29, 0.717) is 30.6 Å². The predicted octanol–water partition coefficient (Wildman–Crippen LogP) is 2.09. The fraction of sp³-hybridized carbons (Fsp3) is 0.667. The molecule has 0 aliphatic rings. The number of hydrogen-bond acceptors (Lipinski definition) is 4. The smallest absolute Gasteiger partial charge is 0.270 e. The summed E-state index contributed by atoms with van der Waals surface area (Å²) in [6.07, 6.45) is 0.736. The van der Waals surface area contributed by atoms with Crippen molar-refractivity contribution >= 4 is 29.7 Å². The van der Waals surface area contributed by atoms with Gasteiger partial charge in [-0.1, -0.05) is 20.8 Å². The zero-order valence-corrected chi connectivity index (χ0v) is 12.7. The maximum atomic E-state index is 11.8. The highest BCUT2D eigenvalue weighted by Crippen LogP contribution is 2.11. The first-order chi connectivity index (χ1) is 8.04. The Balaban J connectivity index is 0.00000289. The molecule has 3 N–H and O–H groups in total. The molecular weight excluding hydrogens is 270 g/mol. The normalized spacial score (nSPS) is 12.1. The van der Waals surface area contributed by atoms with Gasteiger partial charge in [-0.25, -0.2) is 4.98 Å². The highest BCUT2D eigenvalue weighted by Gasteiger charge is 2.13. The molecule has 1 unspecified atom stereocenters. The topological polar surface area (TPSA) is 68.0 Å². The molecule has 1 heterocycles. The molecule has 6 heteroatoms. The third-order valence-electron chi connectivity index (χ3n) is 2.87. The zero-order chi connectivity index (χ0) is 12.8. The van der Waals surface area contributed by atoms with Crippen LogP contribution in [-0.2, 0) is 6.42 Å². The number of thiazole rings is 1. The van der Waals surface area contributed by atoms with Gasteiger partial charge in [0.2, 0.25) is 0 Å². The number of nitrogens with zero attached hydrogens (tertiary/aromatic N) is 1. The van der Waals surface area contributed by atoms with E-state index in [1.165, 1.54) is 11.3 Å². The van der Waals surface area contributed by atoms with E-state index in [9.17, 15) is 4.79 Å². The van der Waals surface area contributed by atoms with E-state index in [2.05, 4.69) is 31.1 Å². The van der Waals surface area contributed by atoms with Crippen LogP contribution in [0.15, 0.2) is 5.38 Å². The van der Waals surface area contributed by atoms with E-state index in [1.54, 1.807) is 5.38 Å². The van der Waals surface area contributed by atoms with Crippen LogP contribution in [0.1, 0.15) is 36.3 Å². The number of halogens is 1. The van der Waals surface area contributed by atoms with Crippen molar-refractivity contribution in [2.24, 2.45) is 17.6 Å². The van der Waals surface area contributed by atoms with Crippen LogP contribution in [0.3, 0.4) is 0 Å². The number of rotatable bonds is 6. The molecule has 1 atom stereocenters. The molecule has 0 aliphatic heterocycles. The standard InChI is InChI=1S/C12H21N3OS.ClH/c1-8(2)9(3)6-14-12(16)10-7-17-11(15-10)4-5-13;/h7-9H,4-6,13H2,1-3H3,(H,14,16);1H. The second-order valence-corrected chi connectivity index (χ2v) is 5.54. The number of hydrogen-bond donors (Lipinski definition) is 2. The molecule has 104 valence electrons. The Morgan fingerprint density at radius 1 is 1.50 bits per heavy atom. The molecule has 1 aromatic heterocycles. The SMILES string of the molecule is CC(C)C(C)CNC(=O)c1csc(CCN)n1.Cl. The fourth-order valence-corrected chi connectivity index (χ4v) is 2.03. The number of amides is 1. The molecule has 0 fully saturated rings. The second kappa shape index (κ2) is 8.45. The number of aromatic nitrogens is 1. The molecule has 0 aliphatic carbocycles. The lowest BCUT2D eigenvalue weighted by Crippen LogP contribution is -2.30. The molecule has 0 aromatic carbocycles. The van der Waals surface area contributed by atoms with Gasteiger partial charge in [-0.15, -0.1) is 23.7 Å². The Kier molecular flexibility index (Phi) is 8.15. The molecule has 0 saturated carbocycles. The minimum Gasteiger partial charge on any atom is -0.350 e. The van der Waals surface area contributed by atoms with E-state index < -0.39 is 0 Å². The molecule has 1 amide bonds. The summed E-state index contributed by atoms with van der Waals surface area (Å²) in [5, 5.41) is 5.63. The van der Waals surface area contributed by atoms with E-state index in [-0.39, 0.29) is 18.3 Å². The summed E-state index contributed by atoms with van der Waals surface area (Å²) in [5.74, 6) is 0.955. The number of nitrogens with two attached hydrogens (primary N) is 1.